The van der Waals surface area contributed by atoms with Crippen LogP contribution in [0.5, 0.6) is 0 Å². The number of nitrogens with zero attached hydrogens (tertiary/aromatic N) is 1. The zero-order valence-corrected chi connectivity index (χ0v) is 15.2. The lowest BCUT2D eigenvalue weighted by Gasteiger charge is -2.32. The number of nitrogens with one attached hydrogen (secondary N) is 1. The maximum absolute atomic E-state index is 12.7. The molecule has 3 heterocycles. The van der Waals surface area contributed by atoms with Gasteiger partial charge in [-0.05, 0) is 62.8 Å². The number of furan rings is 1. The van der Waals surface area contributed by atoms with Crippen LogP contribution < -0.4 is 5.32 Å². The standard InChI is InChI=1S/C19H22N2O3S/c1-12-5-6-15(24-12)18(22)20-14-7-9-21(10-8-14)19(23)17-11-13-3-2-4-16(13)25-17/h5-6,11,14H,2-4,7-10H2,1H3,(H,20,22). The Morgan fingerprint density at radius 2 is 2.04 bits per heavy atom. The molecule has 5 nitrogen and oxygen atoms in total. The Labute approximate surface area is 151 Å². The third-order valence-electron chi connectivity index (χ3n) is 5.04. The quantitative estimate of drug-likeness (QED) is 0.917. The van der Waals surface area contributed by atoms with Crippen molar-refractivity contribution in [2.75, 3.05) is 13.1 Å². The molecule has 0 saturated carbocycles. The van der Waals surface area contributed by atoms with E-state index >= 15 is 0 Å². The molecule has 0 atom stereocenters. The molecule has 1 saturated heterocycles. The molecule has 25 heavy (non-hydrogen) atoms. The minimum atomic E-state index is -0.174. The number of piperidine rings is 1. The van der Waals surface area contributed by atoms with Crippen LogP contribution in [-0.4, -0.2) is 35.8 Å². The zero-order valence-electron chi connectivity index (χ0n) is 14.3. The maximum atomic E-state index is 12.7. The molecule has 0 spiro atoms. The van der Waals surface area contributed by atoms with Crippen LogP contribution in [-0.2, 0) is 12.8 Å². The van der Waals surface area contributed by atoms with Gasteiger partial charge in [0.25, 0.3) is 11.8 Å². The van der Waals surface area contributed by atoms with E-state index in [1.807, 2.05) is 11.8 Å². The van der Waals surface area contributed by atoms with E-state index in [1.165, 1.54) is 16.9 Å². The maximum Gasteiger partial charge on any atom is 0.287 e. The van der Waals surface area contributed by atoms with Crippen LogP contribution in [0.25, 0.3) is 0 Å². The molecule has 1 aliphatic carbocycles. The highest BCUT2D eigenvalue weighted by Gasteiger charge is 2.27. The molecule has 0 bridgehead atoms. The predicted octanol–water partition coefficient (Wildman–Crippen LogP) is 3.17. The van der Waals surface area contributed by atoms with Gasteiger partial charge in [0.05, 0.1) is 4.88 Å². The monoisotopic (exact) mass is 358 g/mol. The Hall–Kier alpha value is -2.08. The molecule has 1 aliphatic heterocycles. The second kappa shape index (κ2) is 6.67. The summed E-state index contributed by atoms with van der Waals surface area (Å²) < 4.78 is 5.36. The van der Waals surface area contributed by atoms with Crippen molar-refractivity contribution >= 4 is 23.2 Å². The molecular formula is C19H22N2O3S. The van der Waals surface area contributed by atoms with Crippen molar-refractivity contribution in [3.05, 3.63) is 45.0 Å². The van der Waals surface area contributed by atoms with Crippen LogP contribution in [0, 0.1) is 6.92 Å². The smallest absolute Gasteiger partial charge is 0.287 e. The second-order valence-electron chi connectivity index (χ2n) is 6.86. The summed E-state index contributed by atoms with van der Waals surface area (Å²) >= 11 is 1.66. The van der Waals surface area contributed by atoms with Gasteiger partial charge in [0.1, 0.15) is 5.76 Å². The van der Waals surface area contributed by atoms with Crippen molar-refractivity contribution in [1.82, 2.24) is 10.2 Å². The van der Waals surface area contributed by atoms with Gasteiger partial charge in [0.2, 0.25) is 0 Å². The van der Waals surface area contributed by atoms with Crippen molar-refractivity contribution in [2.45, 2.75) is 45.1 Å². The summed E-state index contributed by atoms with van der Waals surface area (Å²) in [5.41, 5.74) is 1.37. The van der Waals surface area contributed by atoms with E-state index in [4.69, 9.17) is 4.42 Å². The molecule has 2 aromatic heterocycles. The average molecular weight is 358 g/mol. The number of aryl methyl sites for hydroxylation is 3. The molecule has 0 radical (unpaired) electrons. The Kier molecular flexibility index (Phi) is 4.37. The highest BCUT2D eigenvalue weighted by Crippen LogP contribution is 2.31. The normalized spacial score (nSPS) is 17.6. The first kappa shape index (κ1) is 16.4. The fourth-order valence-electron chi connectivity index (χ4n) is 3.63. The number of carbonyl (C=O) groups excluding carboxylic acids is 2. The summed E-state index contributed by atoms with van der Waals surface area (Å²) in [7, 11) is 0. The fraction of sp³-hybridized carbons (Fsp3) is 0.474. The van der Waals surface area contributed by atoms with Crippen LogP contribution in [0.1, 0.15) is 55.7 Å². The Bertz CT molecular complexity index is 778. The third-order valence-corrected chi connectivity index (χ3v) is 6.26. The molecule has 2 aliphatic rings. The summed E-state index contributed by atoms with van der Waals surface area (Å²) in [4.78, 5) is 29.0. The summed E-state index contributed by atoms with van der Waals surface area (Å²) in [5.74, 6) is 1.05. The Balaban J connectivity index is 1.31. The van der Waals surface area contributed by atoms with E-state index in [0.29, 0.717) is 18.8 Å². The van der Waals surface area contributed by atoms with E-state index in [-0.39, 0.29) is 17.9 Å². The van der Waals surface area contributed by atoms with E-state index in [9.17, 15) is 9.59 Å². The van der Waals surface area contributed by atoms with Crippen molar-refractivity contribution in [3.8, 4) is 0 Å². The van der Waals surface area contributed by atoms with Gasteiger partial charge in [-0.1, -0.05) is 0 Å². The number of hydrogen-bond donors (Lipinski definition) is 1. The van der Waals surface area contributed by atoms with E-state index in [2.05, 4.69) is 11.4 Å². The first-order chi connectivity index (χ1) is 12.1. The zero-order chi connectivity index (χ0) is 17.4. The largest absolute Gasteiger partial charge is 0.456 e. The molecular weight excluding hydrogens is 336 g/mol. The van der Waals surface area contributed by atoms with Gasteiger partial charge < -0.3 is 14.6 Å². The number of carbonyl (C=O) groups is 2. The summed E-state index contributed by atoms with van der Waals surface area (Å²) in [6, 6.07) is 5.66. The van der Waals surface area contributed by atoms with Gasteiger partial charge in [0, 0.05) is 24.0 Å². The van der Waals surface area contributed by atoms with E-state index < -0.39 is 0 Å². The van der Waals surface area contributed by atoms with Gasteiger partial charge in [-0.3, -0.25) is 9.59 Å². The molecule has 1 fully saturated rings. The molecule has 4 rings (SSSR count). The van der Waals surface area contributed by atoms with Gasteiger partial charge >= 0.3 is 0 Å². The third kappa shape index (κ3) is 3.35. The minimum Gasteiger partial charge on any atom is -0.456 e. The molecule has 1 N–H and O–H groups in total. The van der Waals surface area contributed by atoms with E-state index in [0.717, 1.165) is 36.3 Å². The van der Waals surface area contributed by atoms with E-state index in [1.54, 1.807) is 23.5 Å². The van der Waals surface area contributed by atoms with Crippen LogP contribution in [0.15, 0.2) is 22.6 Å². The number of likely N-dealkylation sites (tertiary alicyclic amines) is 1. The summed E-state index contributed by atoms with van der Waals surface area (Å²) in [6.45, 7) is 3.19. The van der Waals surface area contributed by atoms with Crippen LogP contribution in [0.2, 0.25) is 0 Å². The predicted molar refractivity (Wildman–Crippen MR) is 96.2 cm³/mol. The number of amides is 2. The molecule has 2 aromatic rings. The first-order valence-electron chi connectivity index (χ1n) is 8.88. The number of hydrogen-bond acceptors (Lipinski definition) is 4. The van der Waals surface area contributed by atoms with Gasteiger partial charge in [-0.25, -0.2) is 0 Å². The molecule has 0 unspecified atom stereocenters. The Morgan fingerprint density at radius 3 is 2.72 bits per heavy atom. The van der Waals surface area contributed by atoms with Crippen LogP contribution in [0.3, 0.4) is 0 Å². The van der Waals surface area contributed by atoms with Crippen molar-refractivity contribution < 1.29 is 14.0 Å². The first-order valence-corrected chi connectivity index (χ1v) is 9.70. The lowest BCUT2D eigenvalue weighted by molar-refractivity contribution is 0.0700. The summed E-state index contributed by atoms with van der Waals surface area (Å²) in [5, 5.41) is 3.01. The van der Waals surface area contributed by atoms with Crippen LogP contribution in [0.4, 0.5) is 0 Å². The summed E-state index contributed by atoms with van der Waals surface area (Å²) in [6.07, 6.45) is 5.01. The lowest BCUT2D eigenvalue weighted by atomic mass is 10.0. The van der Waals surface area contributed by atoms with Gasteiger partial charge in [0.15, 0.2) is 5.76 Å². The highest BCUT2D eigenvalue weighted by molar-refractivity contribution is 7.14. The lowest BCUT2D eigenvalue weighted by Crippen LogP contribution is -2.46. The van der Waals surface area contributed by atoms with Crippen LogP contribution >= 0.6 is 11.3 Å². The molecule has 6 heteroatoms. The number of fused-ring (bicyclic) bond motifs is 1. The second-order valence-corrected chi connectivity index (χ2v) is 8.00. The SMILES string of the molecule is Cc1ccc(C(=O)NC2CCN(C(=O)c3cc4c(s3)CCC4)CC2)o1. The number of rotatable bonds is 3. The fourth-order valence-corrected chi connectivity index (χ4v) is 4.85. The highest BCUT2D eigenvalue weighted by atomic mass is 32.1. The van der Waals surface area contributed by atoms with Crippen molar-refractivity contribution in [3.63, 3.8) is 0 Å². The molecule has 2 amide bonds. The molecule has 0 aromatic carbocycles. The molecule has 132 valence electrons. The van der Waals surface area contributed by atoms with Gasteiger partial charge in [-0.2, -0.15) is 0 Å². The number of thiophene rings is 1. The topological polar surface area (TPSA) is 62.6 Å². The van der Waals surface area contributed by atoms with Gasteiger partial charge in [-0.15, -0.1) is 11.3 Å². The average Bonchev–Trinajstić information content (AvgIpc) is 3.30. The minimum absolute atomic E-state index is 0.0929. The Morgan fingerprint density at radius 1 is 1.24 bits per heavy atom. The van der Waals surface area contributed by atoms with Crippen molar-refractivity contribution in [1.29, 1.82) is 0 Å². The van der Waals surface area contributed by atoms with Crippen molar-refractivity contribution in [2.24, 2.45) is 0 Å².